The molecule has 3 aromatic rings. The van der Waals surface area contributed by atoms with Gasteiger partial charge in [0.25, 0.3) is 0 Å². The van der Waals surface area contributed by atoms with Gasteiger partial charge in [0.05, 0.1) is 5.71 Å². The molecule has 0 atom stereocenters. The van der Waals surface area contributed by atoms with Crippen molar-refractivity contribution in [2.75, 3.05) is 0 Å². The van der Waals surface area contributed by atoms with Gasteiger partial charge in [-0.1, -0.05) is 147 Å². The van der Waals surface area contributed by atoms with Crippen LogP contribution in [0.2, 0.25) is 0 Å². The van der Waals surface area contributed by atoms with Gasteiger partial charge in [-0.05, 0) is 42.2 Å². The first-order chi connectivity index (χ1) is 16.9. The van der Waals surface area contributed by atoms with Crippen molar-refractivity contribution < 1.29 is 0 Å². The largest absolute Gasteiger partial charge is 0.398 e. The Morgan fingerprint density at radius 1 is 0.743 bits per heavy atom. The third-order valence-corrected chi connectivity index (χ3v) is 5.63. The normalized spacial score (nSPS) is 12.6. The van der Waals surface area contributed by atoms with E-state index in [1.165, 1.54) is 36.8 Å². The summed E-state index contributed by atoms with van der Waals surface area (Å²) in [6.45, 7) is 11.7. The van der Waals surface area contributed by atoms with Gasteiger partial charge in [-0.15, -0.1) is 0 Å². The molecule has 35 heavy (non-hydrogen) atoms. The fourth-order valence-corrected chi connectivity index (χ4v) is 3.26. The van der Waals surface area contributed by atoms with Crippen LogP contribution < -0.4 is 5.73 Å². The Labute approximate surface area is 211 Å². The Balaban J connectivity index is 0.000000291. The number of nitrogens with one attached hydrogen (secondary N) is 1. The minimum atomic E-state index is 0.394. The van der Waals surface area contributed by atoms with E-state index in [1.807, 2.05) is 60.7 Å². The molecule has 1 fully saturated rings. The molecule has 4 rings (SSSR count). The Hall–Kier alpha value is -3.91. The number of allylic oxidation sites excluding steroid dienone is 5. The smallest absolute Gasteiger partial charge is 0.0632 e. The van der Waals surface area contributed by atoms with Crippen LogP contribution in [0.3, 0.4) is 0 Å². The van der Waals surface area contributed by atoms with Crippen molar-refractivity contribution in [1.82, 2.24) is 0 Å². The molecule has 0 aliphatic heterocycles. The van der Waals surface area contributed by atoms with Gasteiger partial charge in [0.15, 0.2) is 0 Å². The summed E-state index contributed by atoms with van der Waals surface area (Å²) in [5.74, 6) is 0. The van der Waals surface area contributed by atoms with Crippen molar-refractivity contribution in [2.24, 2.45) is 5.73 Å². The van der Waals surface area contributed by atoms with E-state index in [9.17, 15) is 0 Å². The highest BCUT2D eigenvalue weighted by Crippen LogP contribution is 2.19. The van der Waals surface area contributed by atoms with Gasteiger partial charge in [-0.2, -0.15) is 0 Å². The summed E-state index contributed by atoms with van der Waals surface area (Å²) in [4.78, 5) is 0. The zero-order chi connectivity index (χ0) is 25.5. The highest BCUT2D eigenvalue weighted by atomic mass is 14.6. The first-order valence-corrected chi connectivity index (χ1v) is 12.1. The number of benzene rings is 3. The molecule has 0 saturated heterocycles. The Bertz CT molecular complexity index is 1120. The van der Waals surface area contributed by atoms with E-state index in [0.29, 0.717) is 11.4 Å². The van der Waals surface area contributed by atoms with Crippen molar-refractivity contribution in [2.45, 2.75) is 39.5 Å². The van der Waals surface area contributed by atoms with Gasteiger partial charge >= 0.3 is 0 Å². The molecular weight excluding hydrogens is 424 g/mol. The van der Waals surface area contributed by atoms with Gasteiger partial charge in [-0.3, -0.25) is 0 Å². The number of hydrogen-bond acceptors (Lipinski definition) is 2. The molecule has 180 valence electrons. The van der Waals surface area contributed by atoms with Gasteiger partial charge < -0.3 is 11.1 Å². The van der Waals surface area contributed by atoms with E-state index in [1.54, 1.807) is 18.2 Å². The molecule has 2 heteroatoms. The van der Waals surface area contributed by atoms with Crippen LogP contribution in [0.1, 0.15) is 53.5 Å². The van der Waals surface area contributed by atoms with Gasteiger partial charge in [0.2, 0.25) is 0 Å². The average molecular weight is 463 g/mol. The van der Waals surface area contributed by atoms with E-state index in [2.05, 4.69) is 51.3 Å². The summed E-state index contributed by atoms with van der Waals surface area (Å²) < 4.78 is 0. The van der Waals surface area contributed by atoms with Crippen molar-refractivity contribution in [3.8, 4) is 0 Å². The molecule has 1 aliphatic rings. The number of nitrogens with two attached hydrogens (primary N) is 1. The molecule has 0 unspecified atom stereocenters. The van der Waals surface area contributed by atoms with Crippen LogP contribution in [0.5, 0.6) is 0 Å². The zero-order valence-corrected chi connectivity index (χ0v) is 21.1. The summed E-state index contributed by atoms with van der Waals surface area (Å²) >= 11 is 0. The second-order valence-corrected chi connectivity index (χ2v) is 8.59. The predicted molar refractivity (Wildman–Crippen MR) is 155 cm³/mol. The second-order valence-electron chi connectivity index (χ2n) is 8.59. The maximum atomic E-state index is 8.11. The van der Waals surface area contributed by atoms with Crippen molar-refractivity contribution in [1.29, 1.82) is 5.41 Å². The second kappa shape index (κ2) is 15.1. The summed E-state index contributed by atoms with van der Waals surface area (Å²) in [5.41, 5.74) is 13.5. The number of hydrogen-bond donors (Lipinski definition) is 2. The maximum Gasteiger partial charge on any atom is 0.0632 e. The van der Waals surface area contributed by atoms with Crippen molar-refractivity contribution >= 4 is 17.0 Å². The van der Waals surface area contributed by atoms with Crippen molar-refractivity contribution in [3.05, 3.63) is 144 Å². The molecule has 3 N–H and O–H groups in total. The lowest BCUT2D eigenvalue weighted by Gasteiger charge is -2.06. The molecule has 0 aromatic heterocycles. The summed E-state index contributed by atoms with van der Waals surface area (Å²) in [5, 5.41) is 8.11. The molecule has 0 radical (unpaired) electrons. The molecule has 1 saturated carbocycles. The highest BCUT2D eigenvalue weighted by Gasteiger charge is 2.03. The fraction of sp³-hybridized carbons (Fsp3) is 0.182. The molecule has 0 spiro atoms. The van der Waals surface area contributed by atoms with Crippen LogP contribution in [0, 0.1) is 19.3 Å². The zero-order valence-electron chi connectivity index (χ0n) is 21.1. The van der Waals surface area contributed by atoms with Crippen LogP contribution in [0.4, 0.5) is 0 Å². The number of rotatable bonds is 6. The molecule has 0 amide bonds. The van der Waals surface area contributed by atoms with Gasteiger partial charge in [0.1, 0.15) is 0 Å². The standard InChI is InChI=1S/C21H20N2.C8H10.C4H8/c1-3-8-16(4-2)17-11-13-19(14-12-17)21(23)15-20(22)18-9-6-5-7-10-18;1-7-4-3-5-8(2)6-7;1-2-4-3-1/h3-15,22H,1-2,23H2;3-6H,1-2H3;1-4H2/b16-8+,21-15-,22-20?;;. The predicted octanol–water partition coefficient (Wildman–Crippen LogP) is 8.67. The minimum absolute atomic E-state index is 0.394. The lowest BCUT2D eigenvalue weighted by molar-refractivity contribution is 0.504. The minimum Gasteiger partial charge on any atom is -0.398 e. The SMILES string of the molecule is C1CCC1.C=C/C=C(\C=C)c1ccc(/C(N)=C/C(=N)c2ccccc2)cc1.Cc1cccc(C)c1. The van der Waals surface area contributed by atoms with E-state index in [4.69, 9.17) is 11.1 Å². The Morgan fingerprint density at radius 3 is 1.71 bits per heavy atom. The monoisotopic (exact) mass is 462 g/mol. The van der Waals surface area contributed by atoms with Gasteiger partial charge in [-0.25, -0.2) is 0 Å². The van der Waals surface area contributed by atoms with E-state index in [-0.39, 0.29) is 0 Å². The summed E-state index contributed by atoms with van der Waals surface area (Å²) in [6, 6.07) is 25.8. The van der Waals surface area contributed by atoms with Crippen LogP contribution in [0.15, 0.2) is 116 Å². The van der Waals surface area contributed by atoms with Crippen molar-refractivity contribution in [3.63, 3.8) is 0 Å². The molecule has 0 bridgehead atoms. The van der Waals surface area contributed by atoms with Gasteiger partial charge in [0, 0.05) is 5.70 Å². The lowest BCUT2D eigenvalue weighted by Crippen LogP contribution is -2.02. The number of aryl methyl sites for hydroxylation is 2. The quantitative estimate of drug-likeness (QED) is 0.279. The molecule has 3 aromatic carbocycles. The first-order valence-electron chi connectivity index (χ1n) is 12.1. The van der Waals surface area contributed by atoms with E-state index < -0.39 is 0 Å². The highest BCUT2D eigenvalue weighted by molar-refractivity contribution is 6.10. The lowest BCUT2D eigenvalue weighted by atomic mass is 10.0. The fourth-order valence-electron chi connectivity index (χ4n) is 3.26. The third kappa shape index (κ3) is 9.85. The van der Waals surface area contributed by atoms with E-state index in [0.717, 1.165) is 22.3 Å². The average Bonchev–Trinajstić information content (AvgIpc) is 2.82. The Morgan fingerprint density at radius 2 is 1.29 bits per heavy atom. The molecule has 0 heterocycles. The van der Waals surface area contributed by atoms with Crippen LogP contribution in [0.25, 0.3) is 11.3 Å². The van der Waals surface area contributed by atoms with Crippen LogP contribution in [-0.2, 0) is 0 Å². The summed E-state index contributed by atoms with van der Waals surface area (Å²) in [6.07, 6.45) is 13.1. The summed E-state index contributed by atoms with van der Waals surface area (Å²) in [7, 11) is 0. The topological polar surface area (TPSA) is 49.9 Å². The van der Waals surface area contributed by atoms with Crippen LogP contribution in [-0.4, -0.2) is 5.71 Å². The maximum absolute atomic E-state index is 8.11. The molecule has 2 nitrogen and oxygen atoms in total. The molecule has 1 aliphatic carbocycles. The third-order valence-electron chi connectivity index (χ3n) is 5.63. The molecular formula is C33H38N2. The van der Waals surface area contributed by atoms with Crippen LogP contribution >= 0.6 is 0 Å². The van der Waals surface area contributed by atoms with E-state index >= 15 is 0 Å². The first kappa shape index (κ1) is 27.3. The Kier molecular flexibility index (Phi) is 11.8.